The van der Waals surface area contributed by atoms with Crippen molar-refractivity contribution in [3.8, 4) is 5.75 Å². The predicted molar refractivity (Wildman–Crippen MR) is 80.2 cm³/mol. The Morgan fingerprint density at radius 1 is 1.32 bits per heavy atom. The van der Waals surface area contributed by atoms with Crippen LogP contribution in [0.2, 0.25) is 0 Å². The lowest BCUT2D eigenvalue weighted by Gasteiger charge is -2.13. The summed E-state index contributed by atoms with van der Waals surface area (Å²) < 4.78 is 6.36. The molecule has 0 aliphatic heterocycles. The summed E-state index contributed by atoms with van der Waals surface area (Å²) in [5.74, 6) is 2.03. The summed E-state index contributed by atoms with van der Waals surface area (Å²) in [4.78, 5) is 8.47. The molecule has 1 aromatic heterocycles. The molecule has 2 N–H and O–H groups in total. The molecule has 0 aliphatic rings. The molecule has 0 aliphatic carbocycles. The number of rotatable bonds is 5. The van der Waals surface area contributed by atoms with Crippen LogP contribution in [0.3, 0.4) is 0 Å². The number of nitrogens with one attached hydrogen (secondary N) is 2. The van der Waals surface area contributed by atoms with E-state index in [0.717, 1.165) is 15.9 Å². The molecular formula is C13H15BrN4O. The summed E-state index contributed by atoms with van der Waals surface area (Å²) in [6.07, 6.45) is 1.70. The number of halogens is 1. The molecule has 0 atom stereocenters. The van der Waals surface area contributed by atoms with E-state index in [9.17, 15) is 0 Å². The molecule has 2 aromatic rings. The van der Waals surface area contributed by atoms with Crippen LogP contribution in [-0.2, 0) is 0 Å². The molecule has 0 bridgehead atoms. The molecule has 100 valence electrons. The van der Waals surface area contributed by atoms with Crippen molar-refractivity contribution in [2.24, 2.45) is 0 Å². The van der Waals surface area contributed by atoms with Crippen LogP contribution < -0.4 is 15.4 Å². The van der Waals surface area contributed by atoms with Crippen molar-refractivity contribution in [3.05, 3.63) is 34.9 Å². The maximum atomic E-state index is 5.57. The molecule has 5 nitrogen and oxygen atoms in total. The fourth-order valence-corrected chi connectivity index (χ4v) is 1.84. The van der Waals surface area contributed by atoms with E-state index < -0.39 is 0 Å². The summed E-state index contributed by atoms with van der Waals surface area (Å²) in [6, 6.07) is 7.74. The normalized spacial score (nSPS) is 10.1. The zero-order valence-electron chi connectivity index (χ0n) is 10.8. The molecule has 0 saturated heterocycles. The van der Waals surface area contributed by atoms with Gasteiger partial charge in [-0.2, -0.15) is 4.98 Å². The Labute approximate surface area is 120 Å². The van der Waals surface area contributed by atoms with Gasteiger partial charge in [-0.3, -0.25) is 0 Å². The smallest absolute Gasteiger partial charge is 0.224 e. The van der Waals surface area contributed by atoms with Crippen LogP contribution in [-0.4, -0.2) is 23.6 Å². The van der Waals surface area contributed by atoms with Crippen molar-refractivity contribution >= 4 is 33.4 Å². The van der Waals surface area contributed by atoms with Crippen molar-refractivity contribution in [1.29, 1.82) is 0 Å². The lowest BCUT2D eigenvalue weighted by atomic mass is 10.3. The van der Waals surface area contributed by atoms with E-state index in [0.29, 0.717) is 18.4 Å². The third-order valence-electron chi connectivity index (χ3n) is 2.41. The van der Waals surface area contributed by atoms with Crippen molar-refractivity contribution < 1.29 is 4.74 Å². The first-order chi connectivity index (χ1) is 9.24. The standard InChI is InChI=1S/C13H15BrN4O/c1-3-19-11-7-5-4-6-10(11)17-12-9(14)8-16-13(15-2)18-12/h4-8H,3H2,1-2H3,(H2,15,16,17,18). The highest BCUT2D eigenvalue weighted by atomic mass is 79.9. The van der Waals surface area contributed by atoms with E-state index in [1.54, 1.807) is 13.2 Å². The van der Waals surface area contributed by atoms with Crippen LogP contribution in [0.25, 0.3) is 0 Å². The number of anilines is 3. The van der Waals surface area contributed by atoms with Gasteiger partial charge in [0.2, 0.25) is 5.95 Å². The highest BCUT2D eigenvalue weighted by Gasteiger charge is 2.08. The van der Waals surface area contributed by atoms with Gasteiger partial charge in [-0.15, -0.1) is 0 Å². The van der Waals surface area contributed by atoms with E-state index >= 15 is 0 Å². The summed E-state index contributed by atoms with van der Waals surface area (Å²) in [5.41, 5.74) is 0.866. The van der Waals surface area contributed by atoms with Gasteiger partial charge in [0.25, 0.3) is 0 Å². The van der Waals surface area contributed by atoms with Crippen molar-refractivity contribution in [2.45, 2.75) is 6.92 Å². The Bertz CT molecular complexity index is 562. The van der Waals surface area contributed by atoms with Crippen LogP contribution in [0.5, 0.6) is 5.75 Å². The second-order valence-corrected chi connectivity index (χ2v) is 4.55. The van der Waals surface area contributed by atoms with Crippen molar-refractivity contribution in [3.63, 3.8) is 0 Å². The molecule has 0 amide bonds. The lowest BCUT2D eigenvalue weighted by molar-refractivity contribution is 0.342. The Balaban J connectivity index is 2.30. The third kappa shape index (κ3) is 3.35. The lowest BCUT2D eigenvalue weighted by Crippen LogP contribution is -2.02. The first kappa shape index (κ1) is 13.6. The van der Waals surface area contributed by atoms with Gasteiger partial charge in [0.1, 0.15) is 11.6 Å². The Hall–Kier alpha value is -1.82. The molecule has 6 heteroatoms. The summed E-state index contributed by atoms with van der Waals surface area (Å²) in [7, 11) is 1.78. The average Bonchev–Trinajstić information content (AvgIpc) is 2.43. The zero-order chi connectivity index (χ0) is 13.7. The molecular weight excluding hydrogens is 308 g/mol. The molecule has 19 heavy (non-hydrogen) atoms. The van der Waals surface area contributed by atoms with Gasteiger partial charge >= 0.3 is 0 Å². The minimum Gasteiger partial charge on any atom is -0.492 e. The highest BCUT2D eigenvalue weighted by Crippen LogP contribution is 2.30. The van der Waals surface area contributed by atoms with Gasteiger partial charge in [0.05, 0.1) is 16.8 Å². The minimum absolute atomic E-state index is 0.555. The van der Waals surface area contributed by atoms with Crippen LogP contribution in [0.15, 0.2) is 34.9 Å². The van der Waals surface area contributed by atoms with Crippen molar-refractivity contribution in [2.75, 3.05) is 24.3 Å². The number of ether oxygens (including phenoxy) is 1. The maximum absolute atomic E-state index is 5.57. The topological polar surface area (TPSA) is 59.1 Å². The van der Waals surface area contributed by atoms with Crippen LogP contribution in [0.1, 0.15) is 6.92 Å². The molecule has 0 spiro atoms. The SMILES string of the molecule is CCOc1ccccc1Nc1nc(NC)ncc1Br. The number of nitrogens with zero attached hydrogens (tertiary/aromatic N) is 2. The van der Waals surface area contributed by atoms with Crippen LogP contribution in [0, 0.1) is 0 Å². The number of hydrogen-bond donors (Lipinski definition) is 2. The van der Waals surface area contributed by atoms with E-state index in [1.807, 2.05) is 31.2 Å². The van der Waals surface area contributed by atoms with Gasteiger partial charge in [-0.1, -0.05) is 12.1 Å². The number of hydrogen-bond acceptors (Lipinski definition) is 5. The fourth-order valence-electron chi connectivity index (χ4n) is 1.55. The van der Waals surface area contributed by atoms with Gasteiger partial charge in [0.15, 0.2) is 0 Å². The average molecular weight is 323 g/mol. The van der Waals surface area contributed by atoms with Gasteiger partial charge in [-0.25, -0.2) is 4.98 Å². The zero-order valence-corrected chi connectivity index (χ0v) is 12.4. The molecule has 0 unspecified atom stereocenters. The fraction of sp³-hybridized carbons (Fsp3) is 0.231. The quantitative estimate of drug-likeness (QED) is 0.883. The molecule has 1 aromatic carbocycles. The van der Waals surface area contributed by atoms with Crippen molar-refractivity contribution in [1.82, 2.24) is 9.97 Å². The number of aromatic nitrogens is 2. The van der Waals surface area contributed by atoms with Crippen LogP contribution >= 0.6 is 15.9 Å². The summed E-state index contributed by atoms with van der Waals surface area (Å²) in [6.45, 7) is 2.57. The maximum Gasteiger partial charge on any atom is 0.224 e. The van der Waals surface area contributed by atoms with Gasteiger partial charge in [-0.05, 0) is 35.0 Å². The molecule has 1 heterocycles. The third-order valence-corrected chi connectivity index (χ3v) is 2.99. The van der Waals surface area contributed by atoms with E-state index in [1.165, 1.54) is 0 Å². The predicted octanol–water partition coefficient (Wildman–Crippen LogP) is 3.42. The number of para-hydroxylation sites is 2. The molecule has 0 saturated carbocycles. The molecule has 0 radical (unpaired) electrons. The monoisotopic (exact) mass is 322 g/mol. The Kier molecular flexibility index (Phi) is 4.57. The van der Waals surface area contributed by atoms with Gasteiger partial charge in [0, 0.05) is 13.2 Å². The van der Waals surface area contributed by atoms with E-state index in [2.05, 4.69) is 36.5 Å². The van der Waals surface area contributed by atoms with Crippen LogP contribution in [0.4, 0.5) is 17.5 Å². The summed E-state index contributed by atoms with van der Waals surface area (Å²) >= 11 is 3.42. The Morgan fingerprint density at radius 2 is 2.11 bits per heavy atom. The highest BCUT2D eigenvalue weighted by molar-refractivity contribution is 9.10. The molecule has 2 rings (SSSR count). The number of benzene rings is 1. The second kappa shape index (κ2) is 6.38. The van der Waals surface area contributed by atoms with Gasteiger partial charge < -0.3 is 15.4 Å². The Morgan fingerprint density at radius 3 is 2.84 bits per heavy atom. The molecule has 0 fully saturated rings. The first-order valence-electron chi connectivity index (χ1n) is 5.93. The second-order valence-electron chi connectivity index (χ2n) is 3.69. The van der Waals surface area contributed by atoms with E-state index in [-0.39, 0.29) is 0 Å². The minimum atomic E-state index is 0.555. The van der Waals surface area contributed by atoms with E-state index in [4.69, 9.17) is 4.74 Å². The largest absolute Gasteiger partial charge is 0.492 e. The summed E-state index contributed by atoms with van der Waals surface area (Å²) in [5, 5.41) is 6.14. The first-order valence-corrected chi connectivity index (χ1v) is 6.73.